The SMILES string of the molecule is C[C@@]1(O)[C@H](O)C(CO)O[C@H]1n1cnc2c(Cl)nc(N)nc21. The van der Waals surface area contributed by atoms with Crippen molar-refractivity contribution in [3.05, 3.63) is 11.5 Å². The number of ether oxygens (including phenoxy) is 1. The molecular formula is C11H14ClN5O4. The van der Waals surface area contributed by atoms with Gasteiger partial charge < -0.3 is 25.8 Å². The van der Waals surface area contributed by atoms with Gasteiger partial charge in [-0.05, 0) is 6.92 Å². The monoisotopic (exact) mass is 315 g/mol. The summed E-state index contributed by atoms with van der Waals surface area (Å²) in [7, 11) is 0. The molecule has 0 amide bonds. The van der Waals surface area contributed by atoms with Crippen LogP contribution in [-0.4, -0.2) is 59.3 Å². The fourth-order valence-electron chi connectivity index (χ4n) is 2.46. The summed E-state index contributed by atoms with van der Waals surface area (Å²) < 4.78 is 6.90. The van der Waals surface area contributed by atoms with Gasteiger partial charge in [0.2, 0.25) is 5.95 Å². The summed E-state index contributed by atoms with van der Waals surface area (Å²) in [4.78, 5) is 11.9. The fraction of sp³-hybridized carbons (Fsp3) is 0.545. The maximum atomic E-state index is 10.5. The van der Waals surface area contributed by atoms with E-state index < -0.39 is 30.6 Å². The minimum atomic E-state index is -1.65. The number of aromatic nitrogens is 4. The molecule has 2 aromatic rings. The van der Waals surface area contributed by atoms with Gasteiger partial charge in [-0.3, -0.25) is 4.57 Å². The van der Waals surface area contributed by atoms with Gasteiger partial charge in [0.05, 0.1) is 12.9 Å². The van der Waals surface area contributed by atoms with Gasteiger partial charge in [-0.25, -0.2) is 4.98 Å². The largest absolute Gasteiger partial charge is 0.394 e. The molecule has 114 valence electrons. The van der Waals surface area contributed by atoms with Crippen molar-refractivity contribution in [3.63, 3.8) is 0 Å². The molecule has 0 bridgehead atoms. The second-order valence-corrected chi connectivity index (χ2v) is 5.43. The highest BCUT2D eigenvalue weighted by molar-refractivity contribution is 6.33. The van der Waals surface area contributed by atoms with Gasteiger partial charge in [0.1, 0.15) is 23.3 Å². The zero-order valence-electron chi connectivity index (χ0n) is 11.0. The molecule has 4 atom stereocenters. The molecule has 2 aromatic heterocycles. The lowest BCUT2D eigenvalue weighted by molar-refractivity contribution is -0.0950. The van der Waals surface area contributed by atoms with E-state index in [-0.39, 0.29) is 16.7 Å². The van der Waals surface area contributed by atoms with Gasteiger partial charge in [0.15, 0.2) is 17.0 Å². The van der Waals surface area contributed by atoms with Crippen molar-refractivity contribution < 1.29 is 20.1 Å². The molecule has 1 aliphatic rings. The van der Waals surface area contributed by atoms with Crippen LogP contribution in [0.2, 0.25) is 5.15 Å². The number of nitrogens with two attached hydrogens (primary N) is 1. The number of hydrogen-bond donors (Lipinski definition) is 4. The average molecular weight is 316 g/mol. The third kappa shape index (κ3) is 2.05. The Labute approximate surface area is 124 Å². The fourth-order valence-corrected chi connectivity index (χ4v) is 2.68. The van der Waals surface area contributed by atoms with Crippen molar-refractivity contribution >= 4 is 28.7 Å². The molecule has 0 aromatic carbocycles. The molecule has 3 heterocycles. The quantitative estimate of drug-likeness (QED) is 0.521. The Balaban J connectivity index is 2.13. The van der Waals surface area contributed by atoms with Crippen molar-refractivity contribution in [3.8, 4) is 0 Å². The average Bonchev–Trinajstić information content (AvgIpc) is 2.91. The van der Waals surface area contributed by atoms with Crippen LogP contribution in [0.1, 0.15) is 13.2 Å². The molecular weight excluding hydrogens is 302 g/mol. The molecule has 5 N–H and O–H groups in total. The maximum Gasteiger partial charge on any atom is 0.223 e. The van der Waals surface area contributed by atoms with Gasteiger partial charge in [-0.2, -0.15) is 9.97 Å². The molecule has 1 fully saturated rings. The van der Waals surface area contributed by atoms with Crippen molar-refractivity contribution in [2.24, 2.45) is 0 Å². The van der Waals surface area contributed by atoms with Gasteiger partial charge in [-0.1, -0.05) is 11.6 Å². The third-order valence-electron chi connectivity index (χ3n) is 3.58. The highest BCUT2D eigenvalue weighted by Crippen LogP contribution is 2.39. The molecule has 3 rings (SSSR count). The first-order chi connectivity index (χ1) is 9.86. The first-order valence-electron chi connectivity index (χ1n) is 6.18. The predicted octanol–water partition coefficient (Wildman–Crippen LogP) is -0.937. The van der Waals surface area contributed by atoms with E-state index in [9.17, 15) is 15.3 Å². The molecule has 0 saturated carbocycles. The number of halogens is 1. The molecule has 21 heavy (non-hydrogen) atoms. The van der Waals surface area contributed by atoms with Crippen LogP contribution in [0.25, 0.3) is 11.2 Å². The summed E-state index contributed by atoms with van der Waals surface area (Å²) in [5, 5.41) is 29.7. The zero-order chi connectivity index (χ0) is 15.4. The summed E-state index contributed by atoms with van der Waals surface area (Å²) >= 11 is 5.94. The lowest BCUT2D eigenvalue weighted by Gasteiger charge is -2.27. The number of anilines is 1. The van der Waals surface area contributed by atoms with Gasteiger partial charge in [-0.15, -0.1) is 0 Å². The Hall–Kier alpha value is -1.52. The second kappa shape index (κ2) is 4.75. The van der Waals surface area contributed by atoms with Gasteiger partial charge in [0, 0.05) is 0 Å². The first kappa shape index (κ1) is 14.4. The molecule has 10 heteroatoms. The number of nitrogens with zero attached hydrogens (tertiary/aromatic N) is 4. The van der Waals surface area contributed by atoms with E-state index in [1.165, 1.54) is 17.8 Å². The number of nitrogen functional groups attached to an aromatic ring is 1. The Morgan fingerprint density at radius 3 is 2.86 bits per heavy atom. The zero-order valence-corrected chi connectivity index (χ0v) is 11.8. The highest BCUT2D eigenvalue weighted by Gasteiger charge is 2.53. The van der Waals surface area contributed by atoms with Gasteiger partial charge in [0.25, 0.3) is 0 Å². The normalized spacial score (nSPS) is 32.9. The number of aliphatic hydroxyl groups is 3. The minimum Gasteiger partial charge on any atom is -0.394 e. The van der Waals surface area contributed by atoms with Crippen LogP contribution in [0.4, 0.5) is 5.95 Å². The Morgan fingerprint density at radius 2 is 2.24 bits per heavy atom. The van der Waals surface area contributed by atoms with Crippen LogP contribution in [0.5, 0.6) is 0 Å². The number of hydrogen-bond acceptors (Lipinski definition) is 8. The van der Waals surface area contributed by atoms with Crippen molar-refractivity contribution in [2.75, 3.05) is 12.3 Å². The standard InChI is InChI=1S/C11H14ClN5O4/c1-11(20)6(19)4(2-18)21-9(11)17-3-14-5-7(12)15-10(13)16-8(5)17/h3-4,6,9,18-20H,2H2,1H3,(H2,13,15,16)/t4?,6-,9-,11-/m1/s1. The van der Waals surface area contributed by atoms with Crippen LogP contribution < -0.4 is 5.73 Å². The molecule has 0 aliphatic carbocycles. The van der Waals surface area contributed by atoms with Crippen LogP contribution >= 0.6 is 11.6 Å². The predicted molar refractivity (Wildman–Crippen MR) is 72.4 cm³/mol. The van der Waals surface area contributed by atoms with Crippen molar-refractivity contribution in [1.29, 1.82) is 0 Å². The number of aliphatic hydroxyl groups excluding tert-OH is 2. The van der Waals surface area contributed by atoms with E-state index in [1.54, 1.807) is 0 Å². The lowest BCUT2D eigenvalue weighted by atomic mass is 9.96. The summed E-state index contributed by atoms with van der Waals surface area (Å²) in [5.74, 6) is -0.0499. The second-order valence-electron chi connectivity index (χ2n) is 5.08. The molecule has 1 saturated heterocycles. The van der Waals surface area contributed by atoms with E-state index in [1.807, 2.05) is 0 Å². The molecule has 1 aliphatic heterocycles. The van der Waals surface area contributed by atoms with E-state index in [0.717, 1.165) is 0 Å². The van der Waals surface area contributed by atoms with Crippen molar-refractivity contribution in [2.45, 2.75) is 31.0 Å². The third-order valence-corrected chi connectivity index (χ3v) is 3.85. The Morgan fingerprint density at radius 1 is 1.52 bits per heavy atom. The highest BCUT2D eigenvalue weighted by atomic mass is 35.5. The molecule has 0 radical (unpaired) electrons. The van der Waals surface area contributed by atoms with Crippen LogP contribution in [0, 0.1) is 0 Å². The molecule has 9 nitrogen and oxygen atoms in total. The summed E-state index contributed by atoms with van der Waals surface area (Å²) in [6, 6.07) is 0. The first-order valence-corrected chi connectivity index (χ1v) is 6.56. The molecule has 0 spiro atoms. The summed E-state index contributed by atoms with van der Waals surface area (Å²) in [6.45, 7) is 0.967. The van der Waals surface area contributed by atoms with E-state index in [4.69, 9.17) is 22.1 Å². The maximum absolute atomic E-state index is 10.5. The van der Waals surface area contributed by atoms with Crippen LogP contribution in [0.3, 0.4) is 0 Å². The summed E-state index contributed by atoms with van der Waals surface area (Å²) in [6.07, 6.45) is -1.83. The molecule has 1 unspecified atom stereocenters. The Kier molecular flexibility index (Phi) is 3.26. The van der Waals surface area contributed by atoms with E-state index in [0.29, 0.717) is 5.52 Å². The number of imidazole rings is 1. The minimum absolute atomic E-state index is 0.0499. The topological polar surface area (TPSA) is 140 Å². The smallest absolute Gasteiger partial charge is 0.223 e. The van der Waals surface area contributed by atoms with Crippen molar-refractivity contribution in [1.82, 2.24) is 19.5 Å². The van der Waals surface area contributed by atoms with Gasteiger partial charge >= 0.3 is 0 Å². The number of fused-ring (bicyclic) bond motifs is 1. The van der Waals surface area contributed by atoms with Crippen LogP contribution in [-0.2, 0) is 4.74 Å². The van der Waals surface area contributed by atoms with Crippen LogP contribution in [0.15, 0.2) is 6.33 Å². The number of rotatable bonds is 2. The van der Waals surface area contributed by atoms with E-state index in [2.05, 4.69) is 15.0 Å². The lowest BCUT2D eigenvalue weighted by Crippen LogP contribution is -2.44. The Bertz CT molecular complexity index is 691. The van der Waals surface area contributed by atoms with E-state index >= 15 is 0 Å². The summed E-state index contributed by atoms with van der Waals surface area (Å²) in [5.41, 5.74) is 4.48.